The molecule has 0 radical (unpaired) electrons. The number of anilines is 1. The summed E-state index contributed by atoms with van der Waals surface area (Å²) in [5.74, 6) is -0.138. The molecule has 0 N–H and O–H groups in total. The van der Waals surface area contributed by atoms with E-state index in [9.17, 15) is 13.2 Å². The topological polar surface area (TPSA) is 57.7 Å². The molecule has 2 aromatic rings. The lowest BCUT2D eigenvalue weighted by molar-refractivity contribution is -0.131. The van der Waals surface area contributed by atoms with Crippen LogP contribution in [0.1, 0.15) is 40.0 Å². The molecule has 0 saturated carbocycles. The van der Waals surface area contributed by atoms with Crippen LogP contribution in [0, 0.1) is 0 Å². The van der Waals surface area contributed by atoms with Crippen LogP contribution in [-0.4, -0.2) is 38.4 Å². The Morgan fingerprint density at radius 1 is 1.15 bits per heavy atom. The largest absolute Gasteiger partial charge is 0.338 e. The fourth-order valence-electron chi connectivity index (χ4n) is 3.48. The van der Waals surface area contributed by atoms with E-state index in [4.69, 9.17) is 0 Å². The van der Waals surface area contributed by atoms with Crippen LogP contribution < -0.4 is 4.31 Å². The maximum atomic E-state index is 13.0. The summed E-state index contributed by atoms with van der Waals surface area (Å²) in [7, 11) is -3.69. The maximum Gasteiger partial charge on any atom is 0.265 e. The first kappa shape index (κ1) is 18.7. The van der Waals surface area contributed by atoms with Crippen molar-refractivity contribution in [1.29, 1.82) is 0 Å². The molecule has 0 fully saturated rings. The van der Waals surface area contributed by atoms with E-state index in [1.165, 1.54) is 4.31 Å². The first-order valence-corrected chi connectivity index (χ1v) is 10.7. The van der Waals surface area contributed by atoms with E-state index < -0.39 is 10.0 Å². The summed E-state index contributed by atoms with van der Waals surface area (Å²) in [5.41, 5.74) is 0.603. The summed E-state index contributed by atoms with van der Waals surface area (Å²) >= 11 is 0. The quantitative estimate of drug-likeness (QED) is 0.741. The Bertz CT molecular complexity index is 919. The monoisotopic (exact) mass is 374 g/mol. The van der Waals surface area contributed by atoms with Crippen LogP contribution >= 0.6 is 0 Å². The predicted octanol–water partition coefficient (Wildman–Crippen LogP) is 3.78. The number of nitrogens with zero attached hydrogens (tertiary/aromatic N) is 2. The molecule has 0 spiro atoms. The Labute approximate surface area is 155 Å². The molecule has 5 nitrogen and oxygen atoms in total. The molecule has 1 unspecified atom stereocenters. The zero-order valence-corrected chi connectivity index (χ0v) is 16.4. The van der Waals surface area contributed by atoms with Gasteiger partial charge in [0.1, 0.15) is 6.54 Å². The van der Waals surface area contributed by atoms with Crippen molar-refractivity contribution < 1.29 is 13.2 Å². The van der Waals surface area contributed by atoms with Crippen molar-refractivity contribution in [3.8, 4) is 0 Å². The Kier molecular flexibility index (Phi) is 5.23. The first-order chi connectivity index (χ1) is 12.4. The number of rotatable bonds is 7. The molecule has 6 heteroatoms. The van der Waals surface area contributed by atoms with E-state index in [-0.39, 0.29) is 18.5 Å². The highest BCUT2D eigenvalue weighted by Crippen LogP contribution is 2.41. The van der Waals surface area contributed by atoms with E-state index in [0.29, 0.717) is 22.5 Å². The smallest absolute Gasteiger partial charge is 0.265 e. The van der Waals surface area contributed by atoms with Gasteiger partial charge in [0.05, 0.1) is 10.6 Å². The summed E-state index contributed by atoms with van der Waals surface area (Å²) in [6.07, 6.45) is 2.75. The van der Waals surface area contributed by atoms with Gasteiger partial charge in [0.2, 0.25) is 5.91 Å². The van der Waals surface area contributed by atoms with Crippen LogP contribution in [0.2, 0.25) is 0 Å². The summed E-state index contributed by atoms with van der Waals surface area (Å²) in [4.78, 5) is 15.1. The van der Waals surface area contributed by atoms with Crippen LogP contribution in [0.15, 0.2) is 41.3 Å². The van der Waals surface area contributed by atoms with E-state index in [1.54, 1.807) is 18.2 Å². The second kappa shape index (κ2) is 7.27. The van der Waals surface area contributed by atoms with Crippen molar-refractivity contribution in [3.63, 3.8) is 0 Å². The van der Waals surface area contributed by atoms with Gasteiger partial charge in [0, 0.05) is 18.0 Å². The number of unbranched alkanes of at least 4 members (excludes halogenated alkanes) is 1. The van der Waals surface area contributed by atoms with Gasteiger partial charge in [-0.2, -0.15) is 0 Å². The molecule has 3 rings (SSSR count). The van der Waals surface area contributed by atoms with Crippen molar-refractivity contribution in [3.05, 3.63) is 36.4 Å². The summed E-state index contributed by atoms with van der Waals surface area (Å²) in [6.45, 7) is 6.66. The minimum absolute atomic E-state index is 0.0949. The molecule has 0 aromatic heterocycles. The number of hydrogen-bond acceptors (Lipinski definition) is 3. The van der Waals surface area contributed by atoms with Crippen LogP contribution in [0.5, 0.6) is 0 Å². The molecule has 1 aliphatic rings. The van der Waals surface area contributed by atoms with Gasteiger partial charge in [-0.15, -0.1) is 0 Å². The molecule has 26 heavy (non-hydrogen) atoms. The molecular formula is C20H26N2O3S. The highest BCUT2D eigenvalue weighted by Gasteiger charge is 2.37. The molecule has 0 bridgehead atoms. The lowest BCUT2D eigenvalue weighted by Crippen LogP contribution is -2.45. The standard InChI is InChI=1S/C20H26N2O3S/c1-4-6-13-21(15(3)5-2)19(23)14-22-17-11-7-9-16-10-8-12-18(20(16)17)26(22,24)25/h7-12,15H,4-6,13-14H2,1-3H3. The Morgan fingerprint density at radius 2 is 1.85 bits per heavy atom. The van der Waals surface area contributed by atoms with Gasteiger partial charge >= 0.3 is 0 Å². The lowest BCUT2D eigenvalue weighted by atomic mass is 10.1. The third-order valence-electron chi connectivity index (χ3n) is 5.16. The van der Waals surface area contributed by atoms with Crippen molar-refractivity contribution in [2.24, 2.45) is 0 Å². The van der Waals surface area contributed by atoms with Crippen LogP contribution in [0.4, 0.5) is 5.69 Å². The zero-order valence-electron chi connectivity index (χ0n) is 15.6. The molecular weight excluding hydrogens is 348 g/mol. The molecule has 0 saturated heterocycles. The summed E-state index contributed by atoms with van der Waals surface area (Å²) in [5, 5.41) is 1.59. The van der Waals surface area contributed by atoms with Gasteiger partial charge in [-0.25, -0.2) is 8.42 Å². The number of benzene rings is 2. The third kappa shape index (κ3) is 3.07. The van der Waals surface area contributed by atoms with Gasteiger partial charge in [-0.3, -0.25) is 9.10 Å². The van der Waals surface area contributed by atoms with Gasteiger partial charge in [0.15, 0.2) is 0 Å². The minimum atomic E-state index is -3.69. The Balaban J connectivity index is 1.95. The van der Waals surface area contributed by atoms with Gasteiger partial charge in [-0.05, 0) is 37.3 Å². The van der Waals surface area contributed by atoms with Crippen molar-refractivity contribution >= 4 is 32.4 Å². The average molecular weight is 375 g/mol. The van der Waals surface area contributed by atoms with Crippen LogP contribution in [0.3, 0.4) is 0 Å². The highest BCUT2D eigenvalue weighted by molar-refractivity contribution is 7.93. The normalized spacial score (nSPS) is 16.0. The zero-order chi connectivity index (χ0) is 18.9. The number of hydrogen-bond donors (Lipinski definition) is 0. The molecule has 0 aliphatic carbocycles. The maximum absolute atomic E-state index is 13.0. The fourth-order valence-corrected chi connectivity index (χ4v) is 5.14. The van der Waals surface area contributed by atoms with Crippen molar-refractivity contribution in [2.75, 3.05) is 17.4 Å². The summed E-state index contributed by atoms with van der Waals surface area (Å²) < 4.78 is 27.3. The molecule has 1 atom stereocenters. The molecule has 1 aliphatic heterocycles. The lowest BCUT2D eigenvalue weighted by Gasteiger charge is -2.30. The number of amides is 1. The van der Waals surface area contributed by atoms with Gasteiger partial charge in [-0.1, -0.05) is 44.5 Å². The SMILES string of the molecule is CCCCN(C(=O)CN1c2cccc3cccc(c23)S1(=O)=O)C(C)CC. The van der Waals surface area contributed by atoms with E-state index in [1.807, 2.05) is 36.9 Å². The number of carbonyl (C=O) groups excluding carboxylic acids is 1. The number of carbonyl (C=O) groups is 1. The van der Waals surface area contributed by atoms with E-state index in [0.717, 1.165) is 24.6 Å². The Morgan fingerprint density at radius 3 is 2.50 bits per heavy atom. The fraction of sp³-hybridized carbons (Fsp3) is 0.450. The van der Waals surface area contributed by atoms with Crippen molar-refractivity contribution in [2.45, 2.75) is 51.0 Å². The second-order valence-electron chi connectivity index (χ2n) is 6.84. The average Bonchev–Trinajstić information content (AvgIpc) is 2.85. The highest BCUT2D eigenvalue weighted by atomic mass is 32.2. The molecule has 2 aromatic carbocycles. The Hall–Kier alpha value is -2.08. The minimum Gasteiger partial charge on any atom is -0.338 e. The summed E-state index contributed by atoms with van der Waals surface area (Å²) in [6, 6.07) is 10.9. The van der Waals surface area contributed by atoms with Crippen molar-refractivity contribution in [1.82, 2.24) is 4.90 Å². The van der Waals surface area contributed by atoms with E-state index >= 15 is 0 Å². The van der Waals surface area contributed by atoms with Gasteiger partial charge in [0.25, 0.3) is 10.0 Å². The van der Waals surface area contributed by atoms with E-state index in [2.05, 4.69) is 6.92 Å². The van der Waals surface area contributed by atoms with Crippen LogP contribution in [0.25, 0.3) is 10.8 Å². The predicted molar refractivity (Wildman–Crippen MR) is 105 cm³/mol. The first-order valence-electron chi connectivity index (χ1n) is 9.25. The molecule has 140 valence electrons. The van der Waals surface area contributed by atoms with Crippen LogP contribution in [-0.2, 0) is 14.8 Å². The molecule has 1 heterocycles. The van der Waals surface area contributed by atoms with Gasteiger partial charge < -0.3 is 4.90 Å². The molecule has 1 amide bonds. The second-order valence-corrected chi connectivity index (χ2v) is 8.67. The number of sulfonamides is 1. The third-order valence-corrected chi connectivity index (χ3v) is 6.96.